The number of carbonyl (C=O) groups excluding carboxylic acids is 2. The molecule has 176 valence electrons. The SMILES string of the molecule is CCCC(=O)OC(=O)CC(O)(CC(=O)O)C(=O)O.O=C(O)CC(O)(CC(=O)O)C(=O)O. The van der Waals surface area contributed by atoms with Gasteiger partial charge in [0, 0.05) is 6.42 Å². The molecule has 0 saturated heterocycles. The molecule has 7 N–H and O–H groups in total. The van der Waals surface area contributed by atoms with Crippen molar-refractivity contribution < 1.29 is 74.0 Å². The average molecular weight is 454 g/mol. The van der Waals surface area contributed by atoms with Crippen molar-refractivity contribution in [3.63, 3.8) is 0 Å². The van der Waals surface area contributed by atoms with Gasteiger partial charge in [-0.15, -0.1) is 0 Å². The number of ether oxygens (including phenoxy) is 1. The second-order valence-corrected chi connectivity index (χ2v) is 6.16. The Labute approximate surface area is 173 Å². The zero-order valence-electron chi connectivity index (χ0n) is 16.1. The van der Waals surface area contributed by atoms with Crippen LogP contribution in [0.5, 0.6) is 0 Å². The first-order chi connectivity index (χ1) is 14.0. The van der Waals surface area contributed by atoms with Crippen LogP contribution in [0.25, 0.3) is 0 Å². The summed E-state index contributed by atoms with van der Waals surface area (Å²) in [7, 11) is 0. The maximum absolute atomic E-state index is 11.2. The molecule has 0 rings (SSSR count). The topological polar surface area (TPSA) is 270 Å². The van der Waals surface area contributed by atoms with Crippen LogP contribution in [0.15, 0.2) is 0 Å². The first-order valence-corrected chi connectivity index (χ1v) is 8.29. The number of hydrogen-bond acceptors (Lipinski definition) is 10. The van der Waals surface area contributed by atoms with Crippen molar-refractivity contribution in [2.45, 2.75) is 56.7 Å². The van der Waals surface area contributed by atoms with Crippen molar-refractivity contribution in [3.05, 3.63) is 0 Å². The quantitative estimate of drug-likeness (QED) is 0.128. The van der Waals surface area contributed by atoms with E-state index in [0.717, 1.165) is 0 Å². The number of carbonyl (C=O) groups is 7. The fourth-order valence-electron chi connectivity index (χ4n) is 1.83. The number of aliphatic hydroxyl groups is 2. The summed E-state index contributed by atoms with van der Waals surface area (Å²) in [5.74, 6) is -10.6. The molecule has 0 radical (unpaired) electrons. The van der Waals surface area contributed by atoms with Gasteiger partial charge < -0.3 is 40.5 Å². The smallest absolute Gasteiger partial charge is 0.336 e. The second-order valence-electron chi connectivity index (χ2n) is 6.16. The standard InChI is InChI=1S/C10H14O8.C6H8O7/c1-2-3-7(13)18-8(14)5-10(17,9(15)16)4-6(11)12;7-3(8)1-6(13,5(11)12)2-4(9)10/h17H,2-5H2,1H3,(H,11,12)(H,15,16);13H,1-2H2,(H,7,8)(H,9,10)(H,11,12). The minimum absolute atomic E-state index is 0.0316. The Morgan fingerprint density at radius 1 is 0.613 bits per heavy atom. The maximum Gasteiger partial charge on any atom is 0.336 e. The van der Waals surface area contributed by atoms with Crippen molar-refractivity contribution in [2.24, 2.45) is 0 Å². The highest BCUT2D eigenvalue weighted by Gasteiger charge is 2.42. The van der Waals surface area contributed by atoms with Crippen LogP contribution in [0.3, 0.4) is 0 Å². The molecule has 0 aromatic carbocycles. The maximum atomic E-state index is 11.2. The number of aliphatic carboxylic acids is 5. The molecule has 0 saturated carbocycles. The van der Waals surface area contributed by atoms with E-state index in [4.69, 9.17) is 30.6 Å². The molecule has 1 atom stereocenters. The van der Waals surface area contributed by atoms with E-state index in [-0.39, 0.29) is 6.42 Å². The zero-order chi connectivity index (χ0) is 25.0. The van der Waals surface area contributed by atoms with Gasteiger partial charge in [-0.3, -0.25) is 24.0 Å². The van der Waals surface area contributed by atoms with Crippen LogP contribution in [-0.4, -0.2) is 88.7 Å². The highest BCUT2D eigenvalue weighted by molar-refractivity contribution is 5.92. The molecular formula is C16H22O15. The van der Waals surface area contributed by atoms with E-state index < -0.39 is 78.7 Å². The van der Waals surface area contributed by atoms with E-state index in [9.17, 15) is 38.7 Å². The van der Waals surface area contributed by atoms with Gasteiger partial charge in [-0.2, -0.15) is 0 Å². The van der Waals surface area contributed by atoms with Gasteiger partial charge in [0.25, 0.3) is 0 Å². The van der Waals surface area contributed by atoms with E-state index in [1.54, 1.807) is 6.92 Å². The number of rotatable bonds is 12. The molecule has 0 fully saturated rings. The van der Waals surface area contributed by atoms with E-state index >= 15 is 0 Å². The molecule has 0 bridgehead atoms. The van der Waals surface area contributed by atoms with Crippen molar-refractivity contribution in [2.75, 3.05) is 0 Å². The number of carboxylic acids is 5. The Balaban J connectivity index is 0. The van der Waals surface area contributed by atoms with Gasteiger partial charge in [0.2, 0.25) is 0 Å². The minimum Gasteiger partial charge on any atom is -0.481 e. The predicted molar refractivity (Wildman–Crippen MR) is 92.6 cm³/mol. The summed E-state index contributed by atoms with van der Waals surface area (Å²) in [6.45, 7) is 1.67. The molecule has 0 aromatic heterocycles. The lowest BCUT2D eigenvalue weighted by molar-refractivity contribution is -0.174. The summed E-state index contributed by atoms with van der Waals surface area (Å²) in [6, 6.07) is 0. The van der Waals surface area contributed by atoms with Gasteiger partial charge in [-0.25, -0.2) is 9.59 Å². The minimum atomic E-state index is -2.78. The summed E-state index contributed by atoms with van der Waals surface area (Å²) < 4.78 is 4.22. The summed E-state index contributed by atoms with van der Waals surface area (Å²) in [5.41, 5.74) is -5.52. The number of esters is 2. The Kier molecular flexibility index (Phi) is 12.3. The molecule has 0 aliphatic heterocycles. The van der Waals surface area contributed by atoms with Gasteiger partial charge in [0.1, 0.15) is 0 Å². The van der Waals surface area contributed by atoms with Gasteiger partial charge in [-0.1, -0.05) is 6.92 Å². The fraction of sp³-hybridized carbons (Fsp3) is 0.562. The summed E-state index contributed by atoms with van der Waals surface area (Å²) >= 11 is 0. The molecule has 15 nitrogen and oxygen atoms in total. The first kappa shape index (κ1) is 29.6. The van der Waals surface area contributed by atoms with Crippen LogP contribution < -0.4 is 0 Å². The van der Waals surface area contributed by atoms with Gasteiger partial charge in [0.05, 0.1) is 25.7 Å². The third-order valence-corrected chi connectivity index (χ3v) is 3.25. The van der Waals surface area contributed by atoms with Crippen molar-refractivity contribution in [1.29, 1.82) is 0 Å². The monoisotopic (exact) mass is 454 g/mol. The Bertz CT molecular complexity index is 709. The summed E-state index contributed by atoms with van der Waals surface area (Å²) in [6.07, 6.45) is -4.16. The van der Waals surface area contributed by atoms with Crippen molar-refractivity contribution >= 4 is 41.8 Å². The molecule has 31 heavy (non-hydrogen) atoms. The summed E-state index contributed by atoms with van der Waals surface area (Å²) in [4.78, 5) is 73.7. The molecule has 0 aliphatic rings. The van der Waals surface area contributed by atoms with E-state index in [0.29, 0.717) is 6.42 Å². The largest absolute Gasteiger partial charge is 0.481 e. The van der Waals surface area contributed by atoms with Gasteiger partial charge in [0.15, 0.2) is 11.2 Å². The van der Waals surface area contributed by atoms with Crippen LogP contribution in [0.1, 0.15) is 45.4 Å². The van der Waals surface area contributed by atoms with Gasteiger partial charge >= 0.3 is 41.8 Å². The first-order valence-electron chi connectivity index (χ1n) is 8.29. The van der Waals surface area contributed by atoms with Crippen molar-refractivity contribution in [3.8, 4) is 0 Å². The number of carboxylic acid groups (broad SMARTS) is 5. The third-order valence-electron chi connectivity index (χ3n) is 3.25. The lowest BCUT2D eigenvalue weighted by Gasteiger charge is -2.19. The van der Waals surface area contributed by atoms with Crippen LogP contribution in [0, 0.1) is 0 Å². The molecule has 15 heteroatoms. The second kappa shape index (κ2) is 12.9. The predicted octanol–water partition coefficient (Wildman–Crippen LogP) is -1.71. The lowest BCUT2D eigenvalue weighted by Crippen LogP contribution is -2.43. The Morgan fingerprint density at radius 3 is 1.19 bits per heavy atom. The average Bonchev–Trinajstić information content (AvgIpc) is 2.52. The highest BCUT2D eigenvalue weighted by atomic mass is 16.6. The fourth-order valence-corrected chi connectivity index (χ4v) is 1.83. The third kappa shape index (κ3) is 12.6. The summed E-state index contributed by atoms with van der Waals surface area (Å²) in [5, 5.41) is 60.4. The van der Waals surface area contributed by atoms with E-state index in [1.165, 1.54) is 0 Å². The normalized spacial score (nSPS) is 12.4. The Morgan fingerprint density at radius 2 is 0.935 bits per heavy atom. The van der Waals surface area contributed by atoms with Crippen LogP contribution in [0.4, 0.5) is 0 Å². The van der Waals surface area contributed by atoms with Crippen molar-refractivity contribution in [1.82, 2.24) is 0 Å². The Hall–Kier alpha value is -3.59. The molecule has 0 heterocycles. The number of hydrogen-bond donors (Lipinski definition) is 7. The molecule has 1 unspecified atom stereocenters. The highest BCUT2D eigenvalue weighted by Crippen LogP contribution is 2.17. The van der Waals surface area contributed by atoms with Gasteiger partial charge in [-0.05, 0) is 6.42 Å². The van der Waals surface area contributed by atoms with Crippen LogP contribution >= 0.6 is 0 Å². The zero-order valence-corrected chi connectivity index (χ0v) is 16.1. The van der Waals surface area contributed by atoms with E-state index in [1.807, 2.05) is 0 Å². The van der Waals surface area contributed by atoms with E-state index in [2.05, 4.69) is 4.74 Å². The molecule has 0 aliphatic carbocycles. The van der Waals surface area contributed by atoms with Crippen LogP contribution in [-0.2, 0) is 38.3 Å². The molecular weight excluding hydrogens is 432 g/mol. The molecule has 0 amide bonds. The van der Waals surface area contributed by atoms with Crippen LogP contribution in [0.2, 0.25) is 0 Å². The molecule has 0 aromatic rings. The lowest BCUT2D eigenvalue weighted by atomic mass is 9.96. The molecule has 0 spiro atoms.